The second-order valence-electron chi connectivity index (χ2n) is 4.58. The zero-order valence-corrected chi connectivity index (χ0v) is 12.9. The molecule has 0 saturated carbocycles. The Balaban J connectivity index is 2.45. The maximum atomic E-state index is 13.2. The molecule has 1 aromatic heterocycles. The van der Waals surface area contributed by atoms with Crippen LogP contribution in [-0.4, -0.2) is 13.4 Å². The number of nitrogens with one attached hydrogen (secondary N) is 1. The van der Waals surface area contributed by atoms with Gasteiger partial charge in [0.05, 0.1) is 10.7 Å². The molecule has 0 amide bonds. The first-order valence-electron chi connectivity index (χ1n) is 5.91. The number of nitrogens with two attached hydrogens (primary N) is 1. The van der Waals surface area contributed by atoms with Crippen LogP contribution in [0.5, 0.6) is 0 Å². The molecule has 2 rings (SSSR count). The summed E-state index contributed by atoms with van der Waals surface area (Å²) < 4.78 is 40.1. The van der Waals surface area contributed by atoms with Gasteiger partial charge in [0.1, 0.15) is 16.5 Å². The SMILES string of the molecule is Cc1cc(C)nc(NS(=O)(=O)c2cc(N)c(F)cc2Cl)c1. The smallest absolute Gasteiger partial charge is 0.264 e. The summed E-state index contributed by atoms with van der Waals surface area (Å²) in [7, 11) is -4.01. The van der Waals surface area contributed by atoms with E-state index in [1.165, 1.54) is 0 Å². The molecule has 3 N–H and O–H groups in total. The summed E-state index contributed by atoms with van der Waals surface area (Å²) >= 11 is 5.78. The van der Waals surface area contributed by atoms with Crippen molar-refractivity contribution in [1.29, 1.82) is 0 Å². The van der Waals surface area contributed by atoms with Gasteiger partial charge in [-0.1, -0.05) is 11.6 Å². The number of nitrogens with zero attached hydrogens (tertiary/aromatic N) is 1. The van der Waals surface area contributed by atoms with E-state index in [-0.39, 0.29) is 21.4 Å². The molecule has 0 unspecified atom stereocenters. The Morgan fingerprint density at radius 2 is 1.90 bits per heavy atom. The standard InChI is InChI=1S/C13H13ClFN3O2S/c1-7-3-8(2)17-13(4-7)18-21(19,20)12-6-11(16)10(15)5-9(12)14/h3-6H,16H2,1-2H3,(H,17,18). The number of rotatable bonds is 3. The molecule has 0 aliphatic carbocycles. The van der Waals surface area contributed by atoms with E-state index in [2.05, 4.69) is 9.71 Å². The summed E-state index contributed by atoms with van der Waals surface area (Å²) in [6, 6.07) is 5.22. The quantitative estimate of drug-likeness (QED) is 0.848. The Morgan fingerprint density at radius 1 is 1.24 bits per heavy atom. The van der Waals surface area contributed by atoms with E-state index in [0.29, 0.717) is 5.69 Å². The van der Waals surface area contributed by atoms with Gasteiger partial charge >= 0.3 is 0 Å². The summed E-state index contributed by atoms with van der Waals surface area (Å²) in [4.78, 5) is 3.77. The molecule has 1 heterocycles. The third kappa shape index (κ3) is 3.43. The zero-order valence-electron chi connectivity index (χ0n) is 11.3. The van der Waals surface area contributed by atoms with Crippen molar-refractivity contribution in [2.24, 2.45) is 0 Å². The van der Waals surface area contributed by atoms with Gasteiger partial charge in [0.15, 0.2) is 0 Å². The number of nitrogen functional groups attached to an aromatic ring is 1. The fourth-order valence-corrected chi connectivity index (χ4v) is 3.38. The minimum Gasteiger partial charge on any atom is -0.396 e. The Hall–Kier alpha value is -1.86. The predicted octanol–water partition coefficient (Wildman–Crippen LogP) is 2.87. The predicted molar refractivity (Wildman–Crippen MR) is 80.3 cm³/mol. The van der Waals surface area contributed by atoms with Crippen molar-refractivity contribution in [1.82, 2.24) is 4.98 Å². The lowest BCUT2D eigenvalue weighted by Crippen LogP contribution is -2.15. The van der Waals surface area contributed by atoms with Crippen LogP contribution in [0, 0.1) is 19.7 Å². The number of benzene rings is 1. The third-order valence-corrected chi connectivity index (χ3v) is 4.50. The second-order valence-corrected chi connectivity index (χ2v) is 6.64. The molecule has 5 nitrogen and oxygen atoms in total. The minimum absolute atomic E-state index is 0.159. The molecular formula is C13H13ClFN3O2S. The van der Waals surface area contributed by atoms with Crippen molar-refractivity contribution < 1.29 is 12.8 Å². The summed E-state index contributed by atoms with van der Waals surface area (Å²) in [5, 5.41) is -0.251. The monoisotopic (exact) mass is 329 g/mol. The van der Waals surface area contributed by atoms with Crippen molar-refractivity contribution in [3.8, 4) is 0 Å². The highest BCUT2D eigenvalue weighted by Gasteiger charge is 2.21. The molecule has 0 aliphatic rings. The van der Waals surface area contributed by atoms with Gasteiger partial charge in [-0.3, -0.25) is 4.72 Å². The Morgan fingerprint density at radius 3 is 2.52 bits per heavy atom. The van der Waals surface area contributed by atoms with Gasteiger partial charge in [-0.05, 0) is 43.7 Å². The minimum atomic E-state index is -4.01. The van der Waals surface area contributed by atoms with Crippen LogP contribution in [0.15, 0.2) is 29.2 Å². The van der Waals surface area contributed by atoms with Crippen LogP contribution >= 0.6 is 11.6 Å². The van der Waals surface area contributed by atoms with Gasteiger partial charge in [-0.15, -0.1) is 0 Å². The van der Waals surface area contributed by atoms with Crippen LogP contribution in [0.3, 0.4) is 0 Å². The van der Waals surface area contributed by atoms with Crippen molar-refractivity contribution in [3.05, 3.63) is 46.4 Å². The van der Waals surface area contributed by atoms with E-state index in [4.69, 9.17) is 17.3 Å². The molecule has 8 heteroatoms. The maximum absolute atomic E-state index is 13.2. The number of hydrogen-bond donors (Lipinski definition) is 2. The average Bonchev–Trinajstić information content (AvgIpc) is 2.31. The molecule has 0 radical (unpaired) electrons. The fourth-order valence-electron chi connectivity index (χ4n) is 1.84. The van der Waals surface area contributed by atoms with Crippen LogP contribution in [0.25, 0.3) is 0 Å². The van der Waals surface area contributed by atoms with E-state index < -0.39 is 15.8 Å². The van der Waals surface area contributed by atoms with Crippen molar-refractivity contribution in [3.63, 3.8) is 0 Å². The molecule has 0 bridgehead atoms. The van der Waals surface area contributed by atoms with E-state index >= 15 is 0 Å². The molecule has 112 valence electrons. The number of aromatic nitrogens is 1. The van der Waals surface area contributed by atoms with E-state index in [9.17, 15) is 12.8 Å². The van der Waals surface area contributed by atoms with Crippen molar-refractivity contribution in [2.75, 3.05) is 10.5 Å². The molecular weight excluding hydrogens is 317 g/mol. The first-order chi connectivity index (χ1) is 9.69. The molecule has 0 saturated heterocycles. The van der Waals surface area contributed by atoms with Gasteiger partial charge in [0.2, 0.25) is 0 Å². The summed E-state index contributed by atoms with van der Waals surface area (Å²) in [5.41, 5.74) is 6.60. The number of aryl methyl sites for hydroxylation is 2. The van der Waals surface area contributed by atoms with Crippen LogP contribution in [0.1, 0.15) is 11.3 Å². The number of sulfonamides is 1. The van der Waals surface area contributed by atoms with Crippen LogP contribution < -0.4 is 10.5 Å². The van der Waals surface area contributed by atoms with Crippen LogP contribution in [0.4, 0.5) is 15.9 Å². The largest absolute Gasteiger partial charge is 0.396 e. The van der Waals surface area contributed by atoms with Crippen LogP contribution in [-0.2, 0) is 10.0 Å². The van der Waals surface area contributed by atoms with Gasteiger partial charge in [0, 0.05) is 5.69 Å². The van der Waals surface area contributed by atoms with Gasteiger partial charge in [0.25, 0.3) is 10.0 Å². The number of pyridine rings is 1. The lowest BCUT2D eigenvalue weighted by Gasteiger charge is -2.11. The molecule has 1 aromatic carbocycles. The highest BCUT2D eigenvalue weighted by Crippen LogP contribution is 2.27. The first-order valence-corrected chi connectivity index (χ1v) is 7.78. The summed E-state index contributed by atoms with van der Waals surface area (Å²) in [5.74, 6) is -0.616. The molecule has 2 aromatic rings. The average molecular weight is 330 g/mol. The van der Waals surface area contributed by atoms with Gasteiger partial charge < -0.3 is 5.73 Å². The van der Waals surface area contributed by atoms with Gasteiger partial charge in [-0.2, -0.15) is 0 Å². The fraction of sp³-hybridized carbons (Fsp3) is 0.154. The number of hydrogen-bond acceptors (Lipinski definition) is 4. The van der Waals surface area contributed by atoms with E-state index in [1.807, 2.05) is 6.92 Å². The number of halogens is 2. The highest BCUT2D eigenvalue weighted by molar-refractivity contribution is 7.92. The maximum Gasteiger partial charge on any atom is 0.264 e. The van der Waals surface area contributed by atoms with Gasteiger partial charge in [-0.25, -0.2) is 17.8 Å². The Bertz CT molecular complexity index is 789. The Labute approximate surface area is 127 Å². The topological polar surface area (TPSA) is 85.1 Å². The molecule has 0 fully saturated rings. The summed E-state index contributed by atoms with van der Waals surface area (Å²) in [6.45, 7) is 3.56. The Kier molecular flexibility index (Phi) is 4.06. The molecule has 0 spiro atoms. The van der Waals surface area contributed by atoms with E-state index in [1.54, 1.807) is 19.1 Å². The lowest BCUT2D eigenvalue weighted by atomic mass is 10.2. The molecule has 21 heavy (non-hydrogen) atoms. The van der Waals surface area contributed by atoms with Crippen molar-refractivity contribution in [2.45, 2.75) is 18.7 Å². The van der Waals surface area contributed by atoms with E-state index in [0.717, 1.165) is 17.7 Å². The van der Waals surface area contributed by atoms with Crippen LogP contribution in [0.2, 0.25) is 5.02 Å². The third-order valence-electron chi connectivity index (χ3n) is 2.68. The number of anilines is 2. The first kappa shape index (κ1) is 15.5. The lowest BCUT2D eigenvalue weighted by molar-refractivity contribution is 0.600. The normalized spacial score (nSPS) is 11.4. The zero-order chi connectivity index (χ0) is 15.8. The second kappa shape index (κ2) is 5.50. The van der Waals surface area contributed by atoms with Crippen molar-refractivity contribution >= 4 is 33.1 Å². The molecule has 0 atom stereocenters. The molecule has 0 aliphatic heterocycles. The summed E-state index contributed by atoms with van der Waals surface area (Å²) in [6.07, 6.45) is 0. The highest BCUT2D eigenvalue weighted by atomic mass is 35.5.